The van der Waals surface area contributed by atoms with Crippen molar-refractivity contribution in [2.24, 2.45) is 0 Å². The molecular formula is C19H19F21O4Si. The SMILES string of the molecule is CCO[Si](OCC)(OCC)C(C(C)=O)C(F)(F)C(F)(F)C(F)(F)C(F)(F)C(F)(F)C(F)(F)C(F)(F)C(F)(F)C(F)(F)C(F)(F)F. The van der Waals surface area contributed by atoms with Gasteiger partial charge in [-0.15, -0.1) is 0 Å². The maximum absolute atomic E-state index is 15.1. The van der Waals surface area contributed by atoms with E-state index >= 15 is 8.78 Å². The molecule has 0 aromatic carbocycles. The predicted octanol–water partition coefficient (Wildman–Crippen LogP) is 8.27. The summed E-state index contributed by atoms with van der Waals surface area (Å²) in [6.45, 7) is -0.623. The minimum Gasteiger partial charge on any atom is -0.373 e. The van der Waals surface area contributed by atoms with Crippen LogP contribution in [0.15, 0.2) is 0 Å². The lowest BCUT2D eigenvalue weighted by atomic mass is 9.85. The fraction of sp³-hybridized carbons (Fsp3) is 0.947. The lowest BCUT2D eigenvalue weighted by molar-refractivity contribution is -0.474. The lowest BCUT2D eigenvalue weighted by Gasteiger charge is -2.46. The van der Waals surface area contributed by atoms with Gasteiger partial charge < -0.3 is 13.3 Å². The summed E-state index contributed by atoms with van der Waals surface area (Å²) in [6, 6.07) is 0. The van der Waals surface area contributed by atoms with E-state index in [0.717, 1.165) is 20.8 Å². The number of hydrogen-bond donors (Lipinski definition) is 0. The monoisotopic (exact) mass is 738 g/mol. The van der Waals surface area contributed by atoms with E-state index in [1.165, 1.54) is 0 Å². The van der Waals surface area contributed by atoms with Gasteiger partial charge in [0.2, 0.25) is 0 Å². The molecule has 0 aliphatic rings. The molecule has 0 saturated carbocycles. The van der Waals surface area contributed by atoms with Gasteiger partial charge in [0.1, 0.15) is 5.78 Å². The number of alkyl halides is 21. The third kappa shape index (κ3) is 5.97. The molecule has 0 N–H and O–H groups in total. The van der Waals surface area contributed by atoms with Crippen LogP contribution in [0, 0.1) is 0 Å². The standard InChI is InChI=1S/C19H19F21O4Si/c1-5-42-45(43-6-2,44-7-3)9(8(4)41)10(20,21)11(22,23)12(24,25)13(26,27)14(28,29)15(30,31)16(32,33)17(34,35)18(36,37)19(38,39)40/h9H,5-7H2,1-4H3. The van der Waals surface area contributed by atoms with E-state index in [1.54, 1.807) is 0 Å². The van der Waals surface area contributed by atoms with Gasteiger partial charge in [-0.25, -0.2) is 0 Å². The van der Waals surface area contributed by atoms with Crippen LogP contribution in [0.25, 0.3) is 0 Å². The molecule has 0 fully saturated rings. The Balaban J connectivity index is 7.59. The van der Waals surface area contributed by atoms with Crippen LogP contribution < -0.4 is 0 Å². The van der Waals surface area contributed by atoms with Gasteiger partial charge in [-0.05, 0) is 27.7 Å². The lowest BCUT2D eigenvalue weighted by Crippen LogP contribution is -2.77. The van der Waals surface area contributed by atoms with Gasteiger partial charge in [-0.1, -0.05) is 0 Å². The summed E-state index contributed by atoms with van der Waals surface area (Å²) in [5.74, 6) is -81.4. The molecule has 270 valence electrons. The third-order valence-corrected chi connectivity index (χ3v) is 9.24. The summed E-state index contributed by atoms with van der Waals surface area (Å²) in [4.78, 5) is 12.0. The van der Waals surface area contributed by atoms with Gasteiger partial charge in [-0.3, -0.25) is 4.79 Å². The minimum absolute atomic E-state index is 0.157. The Hall–Kier alpha value is -1.70. The average Bonchev–Trinajstić information content (AvgIpc) is 2.82. The number of carbonyl (C=O) groups excluding carboxylic acids is 1. The summed E-state index contributed by atoms with van der Waals surface area (Å²) < 4.78 is 303. The molecule has 0 heterocycles. The summed E-state index contributed by atoms with van der Waals surface area (Å²) >= 11 is 0. The maximum atomic E-state index is 15.1. The normalized spacial score (nSPS) is 16.6. The molecule has 4 nitrogen and oxygen atoms in total. The molecular weight excluding hydrogens is 719 g/mol. The topological polar surface area (TPSA) is 44.8 Å². The molecule has 0 saturated heterocycles. The summed E-state index contributed by atoms with van der Waals surface area (Å²) in [5.41, 5.74) is -4.33. The van der Waals surface area contributed by atoms with Gasteiger partial charge >= 0.3 is 68.3 Å². The van der Waals surface area contributed by atoms with Crippen molar-refractivity contribution >= 4 is 14.6 Å². The molecule has 45 heavy (non-hydrogen) atoms. The second-order valence-electron chi connectivity index (χ2n) is 8.66. The molecule has 0 spiro atoms. The van der Waals surface area contributed by atoms with E-state index in [1.807, 2.05) is 0 Å². The zero-order chi connectivity index (χ0) is 36.9. The first-order valence-electron chi connectivity index (χ1n) is 11.4. The van der Waals surface area contributed by atoms with Crippen molar-refractivity contribution in [3.63, 3.8) is 0 Å². The molecule has 0 aliphatic carbocycles. The molecule has 1 atom stereocenters. The van der Waals surface area contributed by atoms with Crippen LogP contribution >= 0.6 is 0 Å². The van der Waals surface area contributed by atoms with Crippen LogP contribution in [0.1, 0.15) is 27.7 Å². The number of halogens is 21. The van der Waals surface area contributed by atoms with Crippen molar-refractivity contribution in [2.45, 2.75) is 92.7 Å². The van der Waals surface area contributed by atoms with E-state index in [9.17, 15) is 88.2 Å². The molecule has 0 aromatic rings. The summed E-state index contributed by atoms with van der Waals surface area (Å²) in [7, 11) is -5.95. The highest BCUT2D eigenvalue weighted by molar-refractivity contribution is 6.67. The van der Waals surface area contributed by atoms with Crippen molar-refractivity contribution in [2.75, 3.05) is 19.8 Å². The van der Waals surface area contributed by atoms with Gasteiger partial charge in [-0.2, -0.15) is 92.2 Å². The van der Waals surface area contributed by atoms with Crippen molar-refractivity contribution in [3.8, 4) is 0 Å². The smallest absolute Gasteiger partial charge is 0.373 e. The van der Waals surface area contributed by atoms with Gasteiger partial charge in [0.25, 0.3) is 0 Å². The van der Waals surface area contributed by atoms with Gasteiger partial charge in [0, 0.05) is 19.8 Å². The predicted molar refractivity (Wildman–Crippen MR) is 106 cm³/mol. The number of carbonyl (C=O) groups is 1. The number of Topliss-reactive ketones (excluding diaryl/α,β-unsaturated/α-hetero) is 1. The van der Waals surface area contributed by atoms with Crippen LogP contribution in [-0.4, -0.2) is 93.9 Å². The fourth-order valence-corrected chi connectivity index (χ4v) is 6.54. The molecule has 0 radical (unpaired) electrons. The van der Waals surface area contributed by atoms with Crippen LogP contribution in [0.2, 0.25) is 5.54 Å². The van der Waals surface area contributed by atoms with Gasteiger partial charge in [0.15, 0.2) is 5.54 Å². The largest absolute Gasteiger partial charge is 0.518 e. The summed E-state index contributed by atoms with van der Waals surface area (Å²) in [5, 5.41) is 0. The molecule has 0 aliphatic heterocycles. The molecule has 0 rings (SSSR count). The van der Waals surface area contributed by atoms with Crippen LogP contribution in [0.3, 0.4) is 0 Å². The Kier molecular flexibility index (Phi) is 11.9. The van der Waals surface area contributed by atoms with Crippen molar-refractivity contribution < 1.29 is 110 Å². The summed E-state index contributed by atoms with van der Waals surface area (Å²) in [6.07, 6.45) is -8.06. The maximum Gasteiger partial charge on any atom is 0.518 e. The van der Waals surface area contributed by atoms with Crippen molar-refractivity contribution in [1.29, 1.82) is 0 Å². The number of rotatable bonds is 17. The average molecular weight is 738 g/mol. The highest BCUT2D eigenvalue weighted by atomic mass is 28.4. The number of ketones is 1. The van der Waals surface area contributed by atoms with Crippen LogP contribution in [0.4, 0.5) is 92.2 Å². The number of hydrogen-bond acceptors (Lipinski definition) is 4. The Morgan fingerprint density at radius 1 is 0.467 bits per heavy atom. The van der Waals surface area contributed by atoms with E-state index in [-0.39, 0.29) is 6.92 Å². The highest BCUT2D eigenvalue weighted by Crippen LogP contribution is 2.67. The van der Waals surface area contributed by atoms with E-state index in [2.05, 4.69) is 13.3 Å². The molecule has 1 unspecified atom stereocenters. The molecule has 0 amide bonds. The van der Waals surface area contributed by atoms with Crippen LogP contribution in [-0.2, 0) is 18.1 Å². The van der Waals surface area contributed by atoms with Crippen LogP contribution in [0.5, 0.6) is 0 Å². The zero-order valence-corrected chi connectivity index (χ0v) is 23.3. The fourth-order valence-electron chi connectivity index (χ4n) is 3.46. The first kappa shape index (κ1) is 43.3. The minimum atomic E-state index is -9.29. The Labute approximate surface area is 238 Å². The second-order valence-corrected chi connectivity index (χ2v) is 11.3. The zero-order valence-electron chi connectivity index (χ0n) is 22.3. The van der Waals surface area contributed by atoms with E-state index < -0.39 is 99.4 Å². The quantitative estimate of drug-likeness (QED) is 0.111. The highest BCUT2D eigenvalue weighted by Gasteiger charge is 2.98. The van der Waals surface area contributed by atoms with Gasteiger partial charge in [0.05, 0.1) is 0 Å². The molecule has 0 bridgehead atoms. The Morgan fingerprint density at radius 2 is 0.689 bits per heavy atom. The second kappa shape index (κ2) is 12.4. The third-order valence-electron chi connectivity index (χ3n) is 5.69. The van der Waals surface area contributed by atoms with Crippen molar-refractivity contribution in [3.05, 3.63) is 0 Å². The Morgan fingerprint density at radius 3 is 0.889 bits per heavy atom. The molecule has 26 heteroatoms. The van der Waals surface area contributed by atoms with Crippen molar-refractivity contribution in [1.82, 2.24) is 0 Å². The first-order valence-corrected chi connectivity index (χ1v) is 13.2. The molecule has 0 aromatic heterocycles. The Bertz CT molecular complexity index is 1020. The van der Waals surface area contributed by atoms with E-state index in [0.29, 0.717) is 0 Å². The van der Waals surface area contributed by atoms with E-state index in [4.69, 9.17) is 0 Å². The first-order chi connectivity index (χ1) is 19.5.